The zero-order valence-corrected chi connectivity index (χ0v) is 23.5. The standard InChI is InChI=1S/C31H41N3O5/c1-5-6-10-17-32-18-12-16-31-25(28(37)34(26(31)29(32)38)23(20-35)21(2)3)24-27(36)33(22-13-8-7-9-14-22)19-11-15-30(24,4)39-31/h7-9,11-16,21,23-26,35H,5-6,10,17-20H2,1-4H3/t23-,24-,25-,26?,30+,31-/m0/s1. The largest absolute Gasteiger partial charge is 0.394 e. The predicted octanol–water partition coefficient (Wildman–Crippen LogP) is 3.17. The number of rotatable bonds is 8. The number of para-hydroxylation sites is 1. The lowest BCUT2D eigenvalue weighted by atomic mass is 9.74. The first-order valence-electron chi connectivity index (χ1n) is 14.3. The summed E-state index contributed by atoms with van der Waals surface area (Å²) in [5.41, 5.74) is -1.63. The first kappa shape index (κ1) is 27.6. The fourth-order valence-electron chi connectivity index (χ4n) is 7.08. The van der Waals surface area contributed by atoms with Gasteiger partial charge in [-0.05, 0) is 31.4 Å². The second-order valence-corrected chi connectivity index (χ2v) is 11.8. The van der Waals surface area contributed by atoms with Gasteiger partial charge in [-0.15, -0.1) is 0 Å². The molecule has 8 heteroatoms. The van der Waals surface area contributed by atoms with Crippen LogP contribution in [-0.4, -0.2) is 82.2 Å². The molecule has 0 radical (unpaired) electrons. The predicted molar refractivity (Wildman–Crippen MR) is 149 cm³/mol. The molecule has 0 saturated carbocycles. The molecule has 0 bridgehead atoms. The Morgan fingerprint density at radius 2 is 1.69 bits per heavy atom. The molecule has 210 valence electrons. The SMILES string of the molecule is CCCCCN1CC=C[C@]23O[C@]4(C)C=CCN(c5ccccc5)C(=O)[C@@H]4[C@H]2C(=O)N([C@@H](CO)C(C)C)C3C1=O. The number of unbranched alkanes of at least 4 members (excludes halogenated alkanes) is 2. The highest BCUT2D eigenvalue weighted by molar-refractivity contribution is 6.04. The van der Waals surface area contributed by atoms with Gasteiger partial charge < -0.3 is 24.5 Å². The Labute approximate surface area is 231 Å². The van der Waals surface area contributed by atoms with Crippen LogP contribution >= 0.6 is 0 Å². The number of carbonyl (C=O) groups is 3. The number of fused-ring (bicyclic) bond motifs is 2. The molecule has 8 nitrogen and oxygen atoms in total. The van der Waals surface area contributed by atoms with Gasteiger partial charge in [0.2, 0.25) is 17.7 Å². The average Bonchev–Trinajstić information content (AvgIpc) is 3.18. The quantitative estimate of drug-likeness (QED) is 0.408. The number of nitrogens with zero attached hydrogens (tertiary/aromatic N) is 3. The van der Waals surface area contributed by atoms with Crippen LogP contribution in [0.1, 0.15) is 47.0 Å². The molecule has 4 aliphatic rings. The van der Waals surface area contributed by atoms with Crippen LogP contribution in [0.15, 0.2) is 54.6 Å². The van der Waals surface area contributed by atoms with Gasteiger partial charge in [0.05, 0.1) is 30.1 Å². The van der Waals surface area contributed by atoms with Crippen molar-refractivity contribution in [3.05, 3.63) is 54.6 Å². The number of aliphatic hydroxyl groups excluding tert-OH is 1. The van der Waals surface area contributed by atoms with Gasteiger partial charge in [0, 0.05) is 25.3 Å². The van der Waals surface area contributed by atoms with Gasteiger partial charge in [-0.1, -0.05) is 76.1 Å². The minimum absolute atomic E-state index is 0.0969. The summed E-state index contributed by atoms with van der Waals surface area (Å²) in [6.07, 6.45) is 10.5. The first-order chi connectivity index (χ1) is 18.7. The van der Waals surface area contributed by atoms with Crippen molar-refractivity contribution in [1.29, 1.82) is 0 Å². The Morgan fingerprint density at radius 3 is 2.36 bits per heavy atom. The van der Waals surface area contributed by atoms with Crippen LogP contribution in [0.2, 0.25) is 0 Å². The molecule has 39 heavy (non-hydrogen) atoms. The summed E-state index contributed by atoms with van der Waals surface area (Å²) >= 11 is 0. The average molecular weight is 536 g/mol. The van der Waals surface area contributed by atoms with Gasteiger partial charge in [0.15, 0.2) is 0 Å². The van der Waals surface area contributed by atoms with Crippen molar-refractivity contribution in [2.45, 2.75) is 70.2 Å². The Hall–Kier alpha value is -2.97. The number of anilines is 1. The van der Waals surface area contributed by atoms with Crippen LogP contribution in [0.5, 0.6) is 0 Å². The van der Waals surface area contributed by atoms with Crippen molar-refractivity contribution >= 4 is 23.4 Å². The van der Waals surface area contributed by atoms with E-state index in [-0.39, 0.29) is 30.2 Å². The van der Waals surface area contributed by atoms with Crippen LogP contribution in [0.3, 0.4) is 0 Å². The summed E-state index contributed by atoms with van der Waals surface area (Å²) in [6.45, 7) is 8.95. The number of amides is 3. The van der Waals surface area contributed by atoms with E-state index in [9.17, 15) is 19.5 Å². The zero-order valence-electron chi connectivity index (χ0n) is 23.5. The molecule has 2 fully saturated rings. The van der Waals surface area contributed by atoms with E-state index in [1.165, 1.54) is 0 Å². The van der Waals surface area contributed by atoms with E-state index < -0.39 is 35.1 Å². The Bertz CT molecular complexity index is 1170. The smallest absolute Gasteiger partial charge is 0.249 e. The summed E-state index contributed by atoms with van der Waals surface area (Å²) < 4.78 is 6.89. The van der Waals surface area contributed by atoms with Gasteiger partial charge >= 0.3 is 0 Å². The molecule has 1 aromatic carbocycles. The molecule has 1 unspecified atom stereocenters. The third-order valence-electron chi connectivity index (χ3n) is 8.99. The lowest BCUT2D eigenvalue weighted by molar-refractivity contribution is -0.155. The molecule has 3 amide bonds. The summed E-state index contributed by atoms with van der Waals surface area (Å²) in [5, 5.41) is 10.4. The van der Waals surface area contributed by atoms with Crippen LogP contribution in [0, 0.1) is 17.8 Å². The zero-order chi connectivity index (χ0) is 27.9. The van der Waals surface area contributed by atoms with E-state index in [4.69, 9.17) is 4.74 Å². The third kappa shape index (κ3) is 4.32. The molecule has 1 aromatic rings. The second-order valence-electron chi connectivity index (χ2n) is 11.8. The van der Waals surface area contributed by atoms with E-state index in [0.717, 1.165) is 24.9 Å². The lowest BCUT2D eigenvalue weighted by Crippen LogP contribution is -2.59. The molecular formula is C31H41N3O5. The third-order valence-corrected chi connectivity index (χ3v) is 8.99. The van der Waals surface area contributed by atoms with Crippen molar-refractivity contribution in [3.63, 3.8) is 0 Å². The molecule has 4 aliphatic heterocycles. The van der Waals surface area contributed by atoms with E-state index >= 15 is 0 Å². The second kappa shape index (κ2) is 10.5. The molecule has 4 heterocycles. The maximum atomic E-state index is 14.5. The number of aliphatic hydroxyl groups is 1. The number of likely N-dealkylation sites (tertiary alicyclic amines) is 1. The van der Waals surface area contributed by atoms with E-state index in [0.29, 0.717) is 19.6 Å². The first-order valence-corrected chi connectivity index (χ1v) is 14.3. The number of hydrogen-bond donors (Lipinski definition) is 1. The van der Waals surface area contributed by atoms with Crippen LogP contribution < -0.4 is 4.90 Å². The van der Waals surface area contributed by atoms with E-state index in [1.807, 2.05) is 75.4 Å². The topological polar surface area (TPSA) is 90.4 Å². The molecule has 6 atom stereocenters. The number of hydrogen-bond acceptors (Lipinski definition) is 5. The normalized spacial score (nSPS) is 32.8. The highest BCUT2D eigenvalue weighted by atomic mass is 16.5. The molecule has 2 saturated heterocycles. The van der Waals surface area contributed by atoms with Crippen molar-refractivity contribution in [2.75, 3.05) is 31.1 Å². The summed E-state index contributed by atoms with van der Waals surface area (Å²) in [5.74, 6) is -2.49. The lowest BCUT2D eigenvalue weighted by Gasteiger charge is -2.41. The van der Waals surface area contributed by atoms with E-state index in [2.05, 4.69) is 6.92 Å². The summed E-state index contributed by atoms with van der Waals surface area (Å²) in [7, 11) is 0. The van der Waals surface area contributed by atoms with E-state index in [1.54, 1.807) is 14.7 Å². The molecule has 0 aliphatic carbocycles. The highest BCUT2D eigenvalue weighted by Gasteiger charge is 2.75. The molecule has 0 aromatic heterocycles. The minimum atomic E-state index is -1.31. The molecule has 1 N–H and O–H groups in total. The Kier molecular flexibility index (Phi) is 7.46. The number of carbonyl (C=O) groups excluding carboxylic acids is 3. The van der Waals surface area contributed by atoms with Crippen LogP contribution in [-0.2, 0) is 19.1 Å². The van der Waals surface area contributed by atoms with Crippen LogP contribution in [0.25, 0.3) is 0 Å². The van der Waals surface area contributed by atoms with Gasteiger partial charge in [0.1, 0.15) is 11.6 Å². The maximum absolute atomic E-state index is 14.5. The van der Waals surface area contributed by atoms with Crippen molar-refractivity contribution in [1.82, 2.24) is 9.80 Å². The van der Waals surface area contributed by atoms with Crippen molar-refractivity contribution in [2.24, 2.45) is 17.8 Å². The fraction of sp³-hybridized carbons (Fsp3) is 0.581. The van der Waals surface area contributed by atoms with Crippen LogP contribution in [0.4, 0.5) is 5.69 Å². The fourth-order valence-corrected chi connectivity index (χ4v) is 7.08. The monoisotopic (exact) mass is 535 g/mol. The summed E-state index contributed by atoms with van der Waals surface area (Å²) in [6, 6.07) is 7.91. The maximum Gasteiger partial charge on any atom is 0.249 e. The van der Waals surface area contributed by atoms with Gasteiger partial charge in [-0.3, -0.25) is 14.4 Å². The number of benzene rings is 1. The molecular weight excluding hydrogens is 494 g/mol. The van der Waals surface area contributed by atoms with Gasteiger partial charge in [-0.25, -0.2) is 0 Å². The summed E-state index contributed by atoms with van der Waals surface area (Å²) in [4.78, 5) is 48.2. The Balaban J connectivity index is 1.63. The highest BCUT2D eigenvalue weighted by Crippen LogP contribution is 2.58. The van der Waals surface area contributed by atoms with Crippen molar-refractivity contribution in [3.8, 4) is 0 Å². The van der Waals surface area contributed by atoms with Gasteiger partial charge in [-0.2, -0.15) is 0 Å². The van der Waals surface area contributed by atoms with Gasteiger partial charge in [0.25, 0.3) is 0 Å². The number of ether oxygens (including phenoxy) is 1. The molecule has 5 rings (SSSR count). The van der Waals surface area contributed by atoms with Crippen molar-refractivity contribution < 1.29 is 24.2 Å². The molecule has 1 spiro atoms. The Morgan fingerprint density at radius 1 is 0.974 bits per heavy atom. The minimum Gasteiger partial charge on any atom is -0.394 e.